The Kier molecular flexibility index (Phi) is 4.10. The van der Waals surface area contributed by atoms with E-state index in [1.165, 1.54) is 0 Å². The molecule has 1 aliphatic rings. The van der Waals surface area contributed by atoms with Crippen LogP contribution in [-0.4, -0.2) is 60.1 Å². The predicted octanol–water partition coefficient (Wildman–Crippen LogP) is 0.265. The molecule has 0 aromatic carbocycles. The van der Waals surface area contributed by atoms with Gasteiger partial charge in [0, 0.05) is 32.7 Å². The van der Waals surface area contributed by atoms with E-state index in [9.17, 15) is 4.79 Å². The molecule has 0 aliphatic carbocycles. The van der Waals surface area contributed by atoms with Crippen molar-refractivity contribution in [3.63, 3.8) is 0 Å². The topological polar surface area (TPSA) is 43.8 Å². The van der Waals surface area contributed by atoms with E-state index in [2.05, 4.69) is 11.5 Å². The van der Waals surface area contributed by atoms with E-state index in [-0.39, 0.29) is 6.54 Å². The molecule has 1 saturated heterocycles. The van der Waals surface area contributed by atoms with Crippen molar-refractivity contribution in [2.45, 2.75) is 6.92 Å². The zero-order valence-corrected chi connectivity index (χ0v) is 8.70. The molecule has 4 heteroatoms. The maximum Gasteiger partial charge on any atom is 0.317 e. The van der Waals surface area contributed by atoms with E-state index < -0.39 is 5.97 Å². The van der Waals surface area contributed by atoms with Gasteiger partial charge in [-0.3, -0.25) is 14.6 Å². The van der Waals surface area contributed by atoms with Crippen LogP contribution in [0, 0.1) is 0 Å². The SMILES string of the molecule is C=C(C)CN1CCN(CC(=O)O)CC1. The number of aliphatic carboxylic acids is 1. The molecule has 0 saturated carbocycles. The van der Waals surface area contributed by atoms with Crippen LogP contribution in [0.15, 0.2) is 12.2 Å². The summed E-state index contributed by atoms with van der Waals surface area (Å²) >= 11 is 0. The van der Waals surface area contributed by atoms with Crippen molar-refractivity contribution in [2.75, 3.05) is 39.3 Å². The average Bonchev–Trinajstić information content (AvgIpc) is 2.06. The lowest BCUT2D eigenvalue weighted by atomic mass is 10.2. The van der Waals surface area contributed by atoms with Crippen LogP contribution >= 0.6 is 0 Å². The third-order valence-corrected chi connectivity index (χ3v) is 2.32. The summed E-state index contributed by atoms with van der Waals surface area (Å²) in [6.07, 6.45) is 0. The van der Waals surface area contributed by atoms with Crippen LogP contribution in [0.1, 0.15) is 6.92 Å². The fraction of sp³-hybridized carbons (Fsp3) is 0.700. The highest BCUT2D eigenvalue weighted by molar-refractivity contribution is 5.69. The van der Waals surface area contributed by atoms with Gasteiger partial charge in [0.15, 0.2) is 0 Å². The van der Waals surface area contributed by atoms with Crippen molar-refractivity contribution in [1.29, 1.82) is 0 Å². The Hall–Kier alpha value is -0.870. The summed E-state index contributed by atoms with van der Waals surface area (Å²) in [6, 6.07) is 0. The van der Waals surface area contributed by atoms with Gasteiger partial charge in [-0.05, 0) is 6.92 Å². The van der Waals surface area contributed by atoms with Crippen molar-refractivity contribution in [1.82, 2.24) is 9.80 Å². The predicted molar refractivity (Wildman–Crippen MR) is 55.3 cm³/mol. The minimum absolute atomic E-state index is 0.168. The van der Waals surface area contributed by atoms with E-state index in [0.717, 1.165) is 38.3 Å². The molecular formula is C10H18N2O2. The molecule has 0 aromatic rings. The van der Waals surface area contributed by atoms with Crippen LogP contribution in [0.3, 0.4) is 0 Å². The smallest absolute Gasteiger partial charge is 0.317 e. The van der Waals surface area contributed by atoms with Gasteiger partial charge in [-0.1, -0.05) is 12.2 Å². The second kappa shape index (κ2) is 5.12. The molecular weight excluding hydrogens is 180 g/mol. The van der Waals surface area contributed by atoms with Crippen LogP contribution in [-0.2, 0) is 4.79 Å². The normalized spacial score (nSPS) is 19.5. The van der Waals surface area contributed by atoms with E-state index in [4.69, 9.17) is 5.11 Å². The first kappa shape index (κ1) is 11.2. The minimum atomic E-state index is -0.738. The van der Waals surface area contributed by atoms with Crippen LogP contribution in [0.4, 0.5) is 0 Å². The van der Waals surface area contributed by atoms with E-state index in [1.807, 2.05) is 11.8 Å². The molecule has 0 unspecified atom stereocenters. The van der Waals surface area contributed by atoms with Crippen molar-refractivity contribution in [3.8, 4) is 0 Å². The number of carboxylic acid groups (broad SMARTS) is 1. The molecule has 1 rings (SSSR count). The largest absolute Gasteiger partial charge is 0.480 e. The van der Waals surface area contributed by atoms with E-state index in [1.54, 1.807) is 0 Å². The van der Waals surface area contributed by atoms with E-state index >= 15 is 0 Å². The molecule has 0 bridgehead atoms. The molecule has 1 N–H and O–H groups in total. The Morgan fingerprint density at radius 1 is 1.21 bits per heavy atom. The van der Waals surface area contributed by atoms with Crippen molar-refractivity contribution < 1.29 is 9.90 Å². The maximum atomic E-state index is 10.5. The summed E-state index contributed by atoms with van der Waals surface area (Å²) in [5, 5.41) is 8.61. The first-order chi connectivity index (χ1) is 6.58. The molecule has 1 aliphatic heterocycles. The van der Waals surface area contributed by atoms with Gasteiger partial charge in [-0.2, -0.15) is 0 Å². The second-order valence-electron chi connectivity index (χ2n) is 3.90. The molecule has 0 spiro atoms. The fourth-order valence-electron chi connectivity index (χ4n) is 1.68. The first-order valence-electron chi connectivity index (χ1n) is 4.89. The Balaban J connectivity index is 2.24. The molecule has 14 heavy (non-hydrogen) atoms. The van der Waals surface area contributed by atoms with Gasteiger partial charge in [0.25, 0.3) is 0 Å². The monoisotopic (exact) mass is 198 g/mol. The van der Waals surface area contributed by atoms with E-state index in [0.29, 0.717) is 0 Å². The van der Waals surface area contributed by atoms with Crippen LogP contribution in [0.5, 0.6) is 0 Å². The Labute approximate surface area is 84.8 Å². The van der Waals surface area contributed by atoms with Gasteiger partial charge in [-0.15, -0.1) is 0 Å². The maximum absolute atomic E-state index is 10.5. The van der Waals surface area contributed by atoms with Gasteiger partial charge in [0.1, 0.15) is 0 Å². The second-order valence-corrected chi connectivity index (χ2v) is 3.90. The Bertz CT molecular complexity index is 196. The van der Waals surface area contributed by atoms with Gasteiger partial charge < -0.3 is 5.11 Å². The number of hydrogen-bond acceptors (Lipinski definition) is 3. The number of piperazine rings is 1. The lowest BCUT2D eigenvalue weighted by Gasteiger charge is -2.33. The fourth-order valence-corrected chi connectivity index (χ4v) is 1.68. The van der Waals surface area contributed by atoms with Crippen molar-refractivity contribution in [2.24, 2.45) is 0 Å². The molecule has 0 radical (unpaired) electrons. The minimum Gasteiger partial charge on any atom is -0.480 e. The summed E-state index contributed by atoms with van der Waals surface area (Å²) < 4.78 is 0. The zero-order valence-electron chi connectivity index (χ0n) is 8.70. The summed E-state index contributed by atoms with van der Waals surface area (Å²) in [5.74, 6) is -0.738. The quantitative estimate of drug-likeness (QED) is 0.658. The third-order valence-electron chi connectivity index (χ3n) is 2.32. The van der Waals surface area contributed by atoms with Crippen molar-refractivity contribution >= 4 is 5.97 Å². The summed E-state index contributed by atoms with van der Waals surface area (Å²) in [6.45, 7) is 10.6. The number of nitrogens with zero attached hydrogens (tertiary/aromatic N) is 2. The highest BCUT2D eigenvalue weighted by Gasteiger charge is 2.17. The first-order valence-corrected chi connectivity index (χ1v) is 4.89. The summed E-state index contributed by atoms with van der Waals surface area (Å²) in [4.78, 5) is 14.7. The number of hydrogen-bond donors (Lipinski definition) is 1. The highest BCUT2D eigenvalue weighted by atomic mass is 16.4. The molecule has 80 valence electrons. The zero-order chi connectivity index (χ0) is 10.6. The van der Waals surface area contributed by atoms with Crippen LogP contribution in [0.25, 0.3) is 0 Å². The average molecular weight is 198 g/mol. The number of carboxylic acids is 1. The van der Waals surface area contributed by atoms with Gasteiger partial charge in [0.05, 0.1) is 6.54 Å². The number of carbonyl (C=O) groups is 1. The summed E-state index contributed by atoms with van der Waals surface area (Å²) in [7, 11) is 0. The molecule has 0 aromatic heterocycles. The third kappa shape index (κ3) is 3.89. The lowest BCUT2D eigenvalue weighted by molar-refractivity contribution is -0.138. The molecule has 0 amide bonds. The standard InChI is InChI=1S/C10H18N2O2/c1-9(2)7-11-3-5-12(6-4-11)8-10(13)14/h1,3-8H2,2H3,(H,13,14). The molecule has 0 atom stereocenters. The van der Waals surface area contributed by atoms with Gasteiger partial charge >= 0.3 is 5.97 Å². The van der Waals surface area contributed by atoms with Gasteiger partial charge in [0.2, 0.25) is 0 Å². The lowest BCUT2D eigenvalue weighted by Crippen LogP contribution is -2.48. The molecule has 4 nitrogen and oxygen atoms in total. The summed E-state index contributed by atoms with van der Waals surface area (Å²) in [5.41, 5.74) is 1.16. The number of rotatable bonds is 4. The molecule has 1 fully saturated rings. The molecule has 1 heterocycles. The van der Waals surface area contributed by atoms with Gasteiger partial charge in [-0.25, -0.2) is 0 Å². The van der Waals surface area contributed by atoms with Crippen LogP contribution in [0.2, 0.25) is 0 Å². The van der Waals surface area contributed by atoms with Crippen molar-refractivity contribution in [3.05, 3.63) is 12.2 Å². The highest BCUT2D eigenvalue weighted by Crippen LogP contribution is 2.03. The Morgan fingerprint density at radius 2 is 1.64 bits per heavy atom. The van der Waals surface area contributed by atoms with Crippen LogP contribution < -0.4 is 0 Å². The Morgan fingerprint density at radius 3 is 2.00 bits per heavy atom.